The summed E-state index contributed by atoms with van der Waals surface area (Å²) >= 11 is 3.26. The van der Waals surface area contributed by atoms with E-state index in [9.17, 15) is 13.5 Å². The van der Waals surface area contributed by atoms with Gasteiger partial charge in [-0.1, -0.05) is 35.3 Å². The molecule has 1 unspecified atom stereocenters. The summed E-state index contributed by atoms with van der Waals surface area (Å²) in [4.78, 5) is 0.231. The molecule has 4 nitrogen and oxygen atoms in total. The number of sulfonamides is 1. The molecule has 6 heteroatoms. The molecule has 0 heterocycles. The van der Waals surface area contributed by atoms with Crippen molar-refractivity contribution in [3.63, 3.8) is 0 Å². The van der Waals surface area contributed by atoms with Crippen molar-refractivity contribution in [3.8, 4) is 0 Å². The van der Waals surface area contributed by atoms with Gasteiger partial charge in [0.1, 0.15) is 0 Å². The van der Waals surface area contributed by atoms with Gasteiger partial charge in [-0.2, -0.15) is 0 Å². The van der Waals surface area contributed by atoms with Gasteiger partial charge in [-0.15, -0.1) is 0 Å². The van der Waals surface area contributed by atoms with Crippen molar-refractivity contribution in [3.05, 3.63) is 28.2 Å². The van der Waals surface area contributed by atoms with Gasteiger partial charge in [0, 0.05) is 11.0 Å². The Bertz CT molecular complexity index is 541. The highest BCUT2D eigenvalue weighted by atomic mass is 79.9. The van der Waals surface area contributed by atoms with Crippen LogP contribution < -0.4 is 4.72 Å². The highest BCUT2D eigenvalue weighted by Crippen LogP contribution is 2.21. The second-order valence-corrected chi connectivity index (χ2v) is 7.63. The summed E-state index contributed by atoms with van der Waals surface area (Å²) in [5.41, 5.74) is -0.354. The van der Waals surface area contributed by atoms with Crippen LogP contribution in [0.2, 0.25) is 0 Å². The zero-order chi connectivity index (χ0) is 14.7. The Morgan fingerprint density at radius 2 is 2.05 bits per heavy atom. The lowest BCUT2D eigenvalue weighted by Crippen LogP contribution is -2.40. The Kier molecular flexibility index (Phi) is 5.55. The molecule has 0 radical (unpaired) electrons. The van der Waals surface area contributed by atoms with Crippen molar-refractivity contribution in [2.24, 2.45) is 0 Å². The van der Waals surface area contributed by atoms with Gasteiger partial charge in [0.25, 0.3) is 0 Å². The zero-order valence-electron chi connectivity index (χ0n) is 11.4. The second-order valence-electron chi connectivity index (χ2n) is 4.98. The van der Waals surface area contributed by atoms with E-state index in [0.717, 1.165) is 6.42 Å². The zero-order valence-corrected chi connectivity index (χ0v) is 13.8. The first-order valence-corrected chi connectivity index (χ1v) is 8.44. The average molecular weight is 350 g/mol. The van der Waals surface area contributed by atoms with Crippen LogP contribution in [0.5, 0.6) is 0 Å². The lowest BCUT2D eigenvalue weighted by molar-refractivity contribution is 0.0554. The summed E-state index contributed by atoms with van der Waals surface area (Å²) in [6.45, 7) is 5.33. The van der Waals surface area contributed by atoms with Crippen molar-refractivity contribution in [1.82, 2.24) is 4.72 Å². The van der Waals surface area contributed by atoms with E-state index in [2.05, 4.69) is 20.7 Å². The molecule has 0 bridgehead atoms. The second kappa shape index (κ2) is 6.35. The Hall–Kier alpha value is -0.430. The van der Waals surface area contributed by atoms with E-state index in [1.165, 1.54) is 0 Å². The van der Waals surface area contributed by atoms with Crippen LogP contribution in [0.3, 0.4) is 0 Å². The molecule has 0 amide bonds. The van der Waals surface area contributed by atoms with Crippen LogP contribution in [0.1, 0.15) is 32.3 Å². The molecule has 0 aliphatic rings. The highest BCUT2D eigenvalue weighted by Gasteiger charge is 2.24. The quantitative estimate of drug-likeness (QED) is 0.829. The van der Waals surface area contributed by atoms with Gasteiger partial charge in [0.2, 0.25) is 10.0 Å². The highest BCUT2D eigenvalue weighted by molar-refractivity contribution is 9.10. The van der Waals surface area contributed by atoms with Crippen LogP contribution >= 0.6 is 15.9 Å². The Morgan fingerprint density at radius 3 is 2.63 bits per heavy atom. The van der Waals surface area contributed by atoms with Gasteiger partial charge in [-0.3, -0.25) is 0 Å². The van der Waals surface area contributed by atoms with Crippen molar-refractivity contribution in [1.29, 1.82) is 0 Å². The van der Waals surface area contributed by atoms with Gasteiger partial charge >= 0.3 is 0 Å². The molecule has 2 N–H and O–H groups in total. The molecule has 1 rings (SSSR count). The number of rotatable bonds is 6. The molecule has 0 spiro atoms. The SMILES string of the molecule is CCCC(C)(O)CNS(=O)(=O)c1cc(Br)ccc1C. The number of nitrogens with one attached hydrogen (secondary N) is 1. The van der Waals surface area contributed by atoms with Crippen LogP contribution in [0.4, 0.5) is 0 Å². The van der Waals surface area contributed by atoms with Gasteiger partial charge in [0.05, 0.1) is 10.5 Å². The van der Waals surface area contributed by atoms with Crippen LogP contribution in [-0.2, 0) is 10.0 Å². The maximum Gasteiger partial charge on any atom is 0.240 e. The van der Waals surface area contributed by atoms with Crippen LogP contribution in [0.25, 0.3) is 0 Å². The minimum absolute atomic E-state index is 0.00905. The van der Waals surface area contributed by atoms with E-state index in [1.54, 1.807) is 32.0 Å². The summed E-state index contributed by atoms with van der Waals surface area (Å²) in [5.74, 6) is 0. The minimum atomic E-state index is -3.60. The number of aliphatic hydroxyl groups is 1. The van der Waals surface area contributed by atoms with E-state index < -0.39 is 15.6 Å². The maximum absolute atomic E-state index is 12.2. The number of halogens is 1. The smallest absolute Gasteiger partial charge is 0.240 e. The van der Waals surface area contributed by atoms with Gasteiger partial charge < -0.3 is 5.11 Å². The van der Waals surface area contributed by atoms with Crippen LogP contribution in [-0.4, -0.2) is 25.7 Å². The molecular formula is C13H20BrNO3S. The first-order valence-electron chi connectivity index (χ1n) is 6.16. The molecule has 0 aromatic heterocycles. The van der Waals surface area contributed by atoms with E-state index in [4.69, 9.17) is 0 Å². The normalized spacial score (nSPS) is 15.2. The molecular weight excluding hydrogens is 330 g/mol. The van der Waals surface area contributed by atoms with Crippen molar-refractivity contribution in [2.75, 3.05) is 6.54 Å². The largest absolute Gasteiger partial charge is 0.389 e. The first kappa shape index (κ1) is 16.6. The average Bonchev–Trinajstić information content (AvgIpc) is 2.30. The van der Waals surface area contributed by atoms with E-state index in [-0.39, 0.29) is 11.4 Å². The third kappa shape index (κ3) is 4.87. The summed E-state index contributed by atoms with van der Waals surface area (Å²) < 4.78 is 27.6. The minimum Gasteiger partial charge on any atom is -0.389 e. The predicted octanol–water partition coefficient (Wildman–Crippen LogP) is 2.59. The fourth-order valence-corrected chi connectivity index (χ4v) is 3.76. The topological polar surface area (TPSA) is 66.4 Å². The van der Waals surface area contributed by atoms with Crippen LogP contribution in [0.15, 0.2) is 27.6 Å². The Labute approximate surface area is 123 Å². The van der Waals surface area contributed by atoms with E-state index >= 15 is 0 Å². The first-order chi connectivity index (χ1) is 8.68. The molecule has 0 aliphatic heterocycles. The number of hydrogen-bond donors (Lipinski definition) is 2. The van der Waals surface area contributed by atoms with E-state index in [1.807, 2.05) is 6.92 Å². The fraction of sp³-hybridized carbons (Fsp3) is 0.538. The maximum atomic E-state index is 12.2. The van der Waals surface area contributed by atoms with Crippen molar-refractivity contribution >= 4 is 26.0 Å². The van der Waals surface area contributed by atoms with Gasteiger partial charge in [0.15, 0.2) is 0 Å². The Balaban J connectivity index is 2.90. The molecule has 1 aromatic rings. The lowest BCUT2D eigenvalue weighted by atomic mass is 10.0. The molecule has 108 valence electrons. The summed E-state index contributed by atoms with van der Waals surface area (Å²) in [6, 6.07) is 5.09. The third-order valence-electron chi connectivity index (χ3n) is 2.87. The molecule has 0 saturated carbocycles. The van der Waals surface area contributed by atoms with E-state index in [0.29, 0.717) is 16.5 Å². The molecule has 1 atom stereocenters. The molecule has 0 aliphatic carbocycles. The number of hydrogen-bond acceptors (Lipinski definition) is 3. The lowest BCUT2D eigenvalue weighted by Gasteiger charge is -2.23. The van der Waals surface area contributed by atoms with Crippen molar-refractivity contribution < 1.29 is 13.5 Å². The predicted molar refractivity (Wildman–Crippen MR) is 79.6 cm³/mol. The summed E-state index contributed by atoms with van der Waals surface area (Å²) in [6.07, 6.45) is 1.34. The Morgan fingerprint density at radius 1 is 1.42 bits per heavy atom. The van der Waals surface area contributed by atoms with Gasteiger partial charge in [-0.25, -0.2) is 13.1 Å². The van der Waals surface area contributed by atoms with Crippen molar-refractivity contribution in [2.45, 2.75) is 44.1 Å². The molecule has 1 aromatic carbocycles. The van der Waals surface area contributed by atoms with Gasteiger partial charge in [-0.05, 0) is 38.0 Å². The molecule has 19 heavy (non-hydrogen) atoms. The molecule has 0 saturated heterocycles. The number of aryl methyl sites for hydroxylation is 1. The monoisotopic (exact) mass is 349 g/mol. The standard InChI is InChI=1S/C13H20BrNO3S/c1-4-7-13(3,16)9-15-19(17,18)12-8-11(14)6-5-10(12)2/h5-6,8,15-16H,4,7,9H2,1-3H3. The van der Waals surface area contributed by atoms with Crippen LogP contribution in [0, 0.1) is 6.92 Å². The number of benzene rings is 1. The fourth-order valence-electron chi connectivity index (χ4n) is 1.82. The summed E-state index contributed by atoms with van der Waals surface area (Å²) in [7, 11) is -3.60. The third-order valence-corrected chi connectivity index (χ3v) is 4.91. The molecule has 0 fully saturated rings. The summed E-state index contributed by atoms with van der Waals surface area (Å²) in [5, 5.41) is 10.0.